The first-order valence-electron chi connectivity index (χ1n) is 5.85. The molecule has 2 heteroatoms. The number of nitrogens with zero attached hydrogens (tertiary/aromatic N) is 2. The van der Waals surface area contributed by atoms with Crippen LogP contribution in [0.1, 0.15) is 33.6 Å². The Morgan fingerprint density at radius 1 is 1.07 bits per heavy atom. The van der Waals surface area contributed by atoms with E-state index in [9.17, 15) is 0 Å². The van der Waals surface area contributed by atoms with E-state index in [2.05, 4.69) is 37.6 Å². The Bertz CT molecular complexity index is 211. The number of hydrogen-bond donors (Lipinski definition) is 0. The molecule has 0 radical (unpaired) electrons. The van der Waals surface area contributed by atoms with Crippen LogP contribution in [0.4, 0.5) is 0 Å². The Balaban J connectivity index is 1.91. The van der Waals surface area contributed by atoms with Crippen LogP contribution in [0.3, 0.4) is 0 Å². The van der Waals surface area contributed by atoms with Gasteiger partial charge in [-0.15, -0.1) is 0 Å². The van der Waals surface area contributed by atoms with E-state index >= 15 is 0 Å². The van der Waals surface area contributed by atoms with Gasteiger partial charge in [-0.1, -0.05) is 0 Å². The van der Waals surface area contributed by atoms with Crippen molar-refractivity contribution in [2.24, 2.45) is 5.41 Å². The highest BCUT2D eigenvalue weighted by Crippen LogP contribution is 2.41. The highest BCUT2D eigenvalue weighted by atomic mass is 15.3. The SMILES string of the molecule is CN1CCCC2(C1)CN(C(C)(C)C)C2. The van der Waals surface area contributed by atoms with Gasteiger partial charge in [0, 0.05) is 30.6 Å². The number of hydrogen-bond acceptors (Lipinski definition) is 2. The lowest BCUT2D eigenvalue weighted by atomic mass is 9.71. The summed E-state index contributed by atoms with van der Waals surface area (Å²) in [5, 5.41) is 0. The molecule has 2 nitrogen and oxygen atoms in total. The molecule has 14 heavy (non-hydrogen) atoms. The molecule has 0 aromatic heterocycles. The minimum atomic E-state index is 0.376. The summed E-state index contributed by atoms with van der Waals surface area (Å²) in [6, 6.07) is 0. The van der Waals surface area contributed by atoms with Crippen LogP contribution in [0, 0.1) is 5.41 Å². The fourth-order valence-electron chi connectivity index (χ4n) is 2.95. The quantitative estimate of drug-likeness (QED) is 0.583. The number of piperidine rings is 1. The van der Waals surface area contributed by atoms with E-state index < -0.39 is 0 Å². The van der Waals surface area contributed by atoms with Crippen molar-refractivity contribution in [2.45, 2.75) is 39.2 Å². The maximum Gasteiger partial charge on any atom is 0.0125 e. The van der Waals surface area contributed by atoms with Crippen LogP contribution in [0.15, 0.2) is 0 Å². The minimum absolute atomic E-state index is 0.376. The van der Waals surface area contributed by atoms with Gasteiger partial charge in [-0.25, -0.2) is 0 Å². The van der Waals surface area contributed by atoms with E-state index in [-0.39, 0.29) is 0 Å². The van der Waals surface area contributed by atoms with Gasteiger partial charge in [0.1, 0.15) is 0 Å². The molecule has 0 aromatic rings. The van der Waals surface area contributed by atoms with Crippen LogP contribution in [-0.2, 0) is 0 Å². The molecular formula is C12H24N2. The summed E-state index contributed by atoms with van der Waals surface area (Å²) < 4.78 is 0. The third-order valence-corrected chi connectivity index (χ3v) is 3.85. The molecule has 2 fully saturated rings. The zero-order valence-corrected chi connectivity index (χ0v) is 10.1. The highest BCUT2D eigenvalue weighted by molar-refractivity contribution is 5.02. The van der Waals surface area contributed by atoms with E-state index in [1.54, 1.807) is 0 Å². The van der Waals surface area contributed by atoms with Crippen LogP contribution in [0.2, 0.25) is 0 Å². The van der Waals surface area contributed by atoms with Crippen LogP contribution in [0.25, 0.3) is 0 Å². The minimum Gasteiger partial charge on any atom is -0.306 e. The number of likely N-dealkylation sites (tertiary alicyclic amines) is 2. The molecular weight excluding hydrogens is 172 g/mol. The Hall–Kier alpha value is -0.0800. The largest absolute Gasteiger partial charge is 0.306 e. The Morgan fingerprint density at radius 3 is 2.21 bits per heavy atom. The van der Waals surface area contributed by atoms with Crippen LogP contribution >= 0.6 is 0 Å². The lowest BCUT2D eigenvalue weighted by molar-refractivity contribution is -0.0913. The van der Waals surface area contributed by atoms with Crippen molar-refractivity contribution < 1.29 is 0 Å². The van der Waals surface area contributed by atoms with E-state index in [4.69, 9.17) is 0 Å². The Kier molecular flexibility index (Phi) is 2.39. The van der Waals surface area contributed by atoms with Crippen molar-refractivity contribution in [3.05, 3.63) is 0 Å². The molecule has 82 valence electrons. The van der Waals surface area contributed by atoms with Gasteiger partial charge in [0.2, 0.25) is 0 Å². The maximum atomic E-state index is 2.62. The molecule has 1 spiro atoms. The summed E-state index contributed by atoms with van der Waals surface area (Å²) in [4.78, 5) is 5.12. The summed E-state index contributed by atoms with van der Waals surface area (Å²) in [6.45, 7) is 12.2. The summed E-state index contributed by atoms with van der Waals surface area (Å²) in [6.07, 6.45) is 2.85. The fourth-order valence-corrected chi connectivity index (χ4v) is 2.95. The molecule has 0 unspecified atom stereocenters. The third kappa shape index (κ3) is 1.82. The van der Waals surface area contributed by atoms with Crippen molar-refractivity contribution in [1.29, 1.82) is 0 Å². The average Bonchev–Trinajstić information content (AvgIpc) is 1.98. The Morgan fingerprint density at radius 2 is 1.71 bits per heavy atom. The van der Waals surface area contributed by atoms with Crippen molar-refractivity contribution in [3.8, 4) is 0 Å². The molecule has 0 aliphatic carbocycles. The third-order valence-electron chi connectivity index (χ3n) is 3.85. The zero-order valence-electron chi connectivity index (χ0n) is 10.1. The second kappa shape index (κ2) is 3.21. The van der Waals surface area contributed by atoms with Crippen molar-refractivity contribution in [3.63, 3.8) is 0 Å². The predicted molar refractivity (Wildman–Crippen MR) is 60.5 cm³/mol. The van der Waals surface area contributed by atoms with Gasteiger partial charge in [-0.05, 0) is 47.2 Å². The van der Waals surface area contributed by atoms with Gasteiger partial charge in [-0.3, -0.25) is 4.90 Å². The molecule has 0 saturated carbocycles. The molecule has 2 saturated heterocycles. The molecule has 0 aromatic carbocycles. The van der Waals surface area contributed by atoms with E-state index in [0.717, 1.165) is 0 Å². The van der Waals surface area contributed by atoms with Gasteiger partial charge in [0.25, 0.3) is 0 Å². The topological polar surface area (TPSA) is 6.48 Å². The van der Waals surface area contributed by atoms with Crippen LogP contribution in [0.5, 0.6) is 0 Å². The average molecular weight is 196 g/mol. The van der Waals surface area contributed by atoms with E-state index in [0.29, 0.717) is 11.0 Å². The van der Waals surface area contributed by atoms with Gasteiger partial charge < -0.3 is 4.90 Å². The molecule has 2 aliphatic rings. The van der Waals surface area contributed by atoms with Gasteiger partial charge >= 0.3 is 0 Å². The predicted octanol–water partition coefficient (Wildman–Crippen LogP) is 1.81. The van der Waals surface area contributed by atoms with Gasteiger partial charge in [0.15, 0.2) is 0 Å². The van der Waals surface area contributed by atoms with Crippen LogP contribution in [-0.4, -0.2) is 48.6 Å². The highest BCUT2D eigenvalue weighted by Gasteiger charge is 2.47. The first-order chi connectivity index (χ1) is 6.41. The molecule has 2 heterocycles. The first kappa shape index (κ1) is 10.4. The molecule has 0 atom stereocenters. The lowest BCUT2D eigenvalue weighted by Gasteiger charge is -2.58. The monoisotopic (exact) mass is 196 g/mol. The van der Waals surface area contributed by atoms with Crippen molar-refractivity contribution in [1.82, 2.24) is 9.80 Å². The van der Waals surface area contributed by atoms with Gasteiger partial charge in [0.05, 0.1) is 0 Å². The molecule has 0 amide bonds. The molecule has 0 N–H and O–H groups in total. The normalized spacial score (nSPS) is 29.1. The second-order valence-electron chi connectivity index (χ2n) is 6.37. The maximum absolute atomic E-state index is 2.62. The standard InChI is InChI=1S/C12H24N2/c1-11(2,3)14-9-12(10-14)6-5-7-13(4)8-12/h5-10H2,1-4H3. The van der Waals surface area contributed by atoms with Gasteiger partial charge in [-0.2, -0.15) is 0 Å². The van der Waals surface area contributed by atoms with E-state index in [1.165, 1.54) is 39.0 Å². The molecule has 2 rings (SSSR count). The smallest absolute Gasteiger partial charge is 0.0125 e. The summed E-state index contributed by atoms with van der Waals surface area (Å²) in [5.41, 5.74) is 1.03. The van der Waals surface area contributed by atoms with Crippen LogP contribution < -0.4 is 0 Å². The summed E-state index contributed by atoms with van der Waals surface area (Å²) in [7, 11) is 2.26. The van der Waals surface area contributed by atoms with E-state index in [1.807, 2.05) is 0 Å². The fraction of sp³-hybridized carbons (Fsp3) is 1.00. The number of rotatable bonds is 0. The first-order valence-corrected chi connectivity index (χ1v) is 5.85. The molecule has 2 aliphatic heterocycles. The zero-order chi connectivity index (χ0) is 10.4. The van der Waals surface area contributed by atoms with Crippen molar-refractivity contribution >= 4 is 0 Å². The summed E-state index contributed by atoms with van der Waals surface area (Å²) in [5.74, 6) is 0. The lowest BCUT2D eigenvalue weighted by Crippen LogP contribution is -2.66. The second-order valence-corrected chi connectivity index (χ2v) is 6.37. The Labute approximate surface area is 88.3 Å². The summed E-state index contributed by atoms with van der Waals surface area (Å²) >= 11 is 0. The molecule has 0 bridgehead atoms. The van der Waals surface area contributed by atoms with Crippen molar-refractivity contribution in [2.75, 3.05) is 33.2 Å².